The van der Waals surface area contributed by atoms with Crippen LogP contribution in [0.1, 0.15) is 72.7 Å². The van der Waals surface area contributed by atoms with Crippen LogP contribution in [0.25, 0.3) is 6.08 Å². The molecule has 4 unspecified atom stereocenters. The number of methoxy groups -OCH3 is 2. The Morgan fingerprint density at radius 2 is 1.74 bits per heavy atom. The summed E-state index contributed by atoms with van der Waals surface area (Å²) in [5.41, 5.74) is 0.856. The van der Waals surface area contributed by atoms with Crippen molar-refractivity contribution in [1.82, 2.24) is 0 Å². The number of benzene rings is 2. The Bertz CT molecular complexity index is 1370. The van der Waals surface area contributed by atoms with Crippen LogP contribution in [0.2, 0.25) is 0 Å². The molecule has 42 heavy (non-hydrogen) atoms. The van der Waals surface area contributed by atoms with E-state index >= 15 is 0 Å². The number of carbonyl (C=O) groups is 2. The van der Waals surface area contributed by atoms with Crippen LogP contribution in [0, 0.1) is 23.7 Å². The van der Waals surface area contributed by atoms with E-state index in [1.807, 2.05) is 13.8 Å². The lowest BCUT2D eigenvalue weighted by Crippen LogP contribution is -2.70. The summed E-state index contributed by atoms with van der Waals surface area (Å²) in [5.74, 6) is 0.0824. The van der Waals surface area contributed by atoms with Gasteiger partial charge >= 0.3 is 5.97 Å². The van der Waals surface area contributed by atoms with Gasteiger partial charge in [-0.25, -0.2) is 14.6 Å². The fourth-order valence-corrected chi connectivity index (χ4v) is 7.17. The van der Waals surface area contributed by atoms with E-state index in [-0.39, 0.29) is 23.5 Å². The van der Waals surface area contributed by atoms with Gasteiger partial charge in [0.1, 0.15) is 11.5 Å². The van der Waals surface area contributed by atoms with Crippen LogP contribution in [0.15, 0.2) is 48.5 Å². The molecule has 9 heteroatoms. The fourth-order valence-electron chi connectivity index (χ4n) is 7.17. The van der Waals surface area contributed by atoms with Crippen molar-refractivity contribution in [2.45, 2.75) is 70.4 Å². The van der Waals surface area contributed by atoms with Crippen molar-refractivity contribution < 1.29 is 43.0 Å². The van der Waals surface area contributed by atoms with E-state index in [1.165, 1.54) is 13.2 Å². The van der Waals surface area contributed by atoms with E-state index in [2.05, 4.69) is 6.92 Å². The van der Waals surface area contributed by atoms with Crippen molar-refractivity contribution in [3.8, 4) is 11.5 Å². The molecule has 8 atom stereocenters. The smallest absolute Gasteiger partial charge is 0.340 e. The van der Waals surface area contributed by atoms with Gasteiger partial charge in [0.15, 0.2) is 17.7 Å². The van der Waals surface area contributed by atoms with Gasteiger partial charge in [-0.15, -0.1) is 0 Å². The van der Waals surface area contributed by atoms with E-state index in [0.29, 0.717) is 28.5 Å². The molecule has 224 valence electrons. The van der Waals surface area contributed by atoms with Crippen molar-refractivity contribution in [3.63, 3.8) is 0 Å². The molecule has 7 rings (SSSR count). The molecule has 0 radical (unpaired) electrons. The zero-order valence-electron chi connectivity index (χ0n) is 24.7. The third-order valence-electron chi connectivity index (χ3n) is 9.57. The first-order valence-electron chi connectivity index (χ1n) is 14.6. The van der Waals surface area contributed by atoms with Gasteiger partial charge < -0.3 is 23.7 Å². The molecule has 5 fully saturated rings. The molecule has 5 aliphatic rings. The Morgan fingerprint density at radius 1 is 0.952 bits per heavy atom. The van der Waals surface area contributed by atoms with Gasteiger partial charge in [-0.1, -0.05) is 32.1 Å². The second kappa shape index (κ2) is 11.1. The third kappa shape index (κ3) is 4.92. The molecule has 4 aliphatic heterocycles. The Hall–Kier alpha value is -3.24. The number of esters is 1. The summed E-state index contributed by atoms with van der Waals surface area (Å²) in [7, 11) is 3.06. The Balaban J connectivity index is 1.14. The largest absolute Gasteiger partial charge is 0.497 e. The summed E-state index contributed by atoms with van der Waals surface area (Å²) < 4.78 is 29.2. The van der Waals surface area contributed by atoms with Crippen LogP contribution in [0.3, 0.4) is 0 Å². The highest BCUT2D eigenvalue weighted by molar-refractivity contribution is 6.08. The maximum atomic E-state index is 13.2. The molecule has 2 aromatic rings. The third-order valence-corrected chi connectivity index (χ3v) is 9.57. The van der Waals surface area contributed by atoms with Crippen LogP contribution in [-0.2, 0) is 24.0 Å². The highest BCUT2D eigenvalue weighted by Crippen LogP contribution is 2.60. The zero-order valence-corrected chi connectivity index (χ0v) is 24.7. The van der Waals surface area contributed by atoms with Gasteiger partial charge in [0, 0.05) is 24.3 Å². The molecule has 1 saturated carbocycles. The average molecular weight is 579 g/mol. The Morgan fingerprint density at radius 3 is 2.48 bits per heavy atom. The number of hydrogen-bond acceptors (Lipinski definition) is 9. The van der Waals surface area contributed by atoms with E-state index in [1.54, 1.807) is 55.7 Å². The molecule has 4 saturated heterocycles. The lowest BCUT2D eigenvalue weighted by atomic mass is 9.58. The second-order valence-corrected chi connectivity index (χ2v) is 12.1. The zero-order chi connectivity index (χ0) is 29.6. The Kier molecular flexibility index (Phi) is 7.64. The molecule has 1 spiro atoms. The fraction of sp³-hybridized carbons (Fsp3) is 0.515. The normalized spacial score (nSPS) is 35.3. The minimum atomic E-state index is -0.893. The highest BCUT2D eigenvalue weighted by Gasteiger charge is 2.69. The minimum absolute atomic E-state index is 0.0623. The van der Waals surface area contributed by atoms with Crippen LogP contribution < -0.4 is 9.47 Å². The predicted molar refractivity (Wildman–Crippen MR) is 152 cm³/mol. The highest BCUT2D eigenvalue weighted by atomic mass is 17.3. The lowest BCUT2D eigenvalue weighted by molar-refractivity contribution is -0.576. The number of allylic oxidation sites excluding steroid dienone is 1. The van der Waals surface area contributed by atoms with Crippen LogP contribution in [0.5, 0.6) is 11.5 Å². The molecular formula is C33H38O9. The summed E-state index contributed by atoms with van der Waals surface area (Å²) >= 11 is 0. The second-order valence-electron chi connectivity index (χ2n) is 12.1. The van der Waals surface area contributed by atoms with Gasteiger partial charge in [0.05, 0.1) is 25.3 Å². The SMILES string of the molecule is COc1ccc(C(=O)/C=C/c2ccc(C(=O)OC3O[C@@H]4OC5(C)CCC6[C@H](C)CCC([C@H]3C)[C@]64OO5)cc2)c(OC)c1. The van der Waals surface area contributed by atoms with Crippen LogP contribution >= 0.6 is 0 Å². The van der Waals surface area contributed by atoms with E-state index in [9.17, 15) is 9.59 Å². The number of ketones is 1. The predicted octanol–water partition coefficient (Wildman–Crippen LogP) is 5.96. The molecular weight excluding hydrogens is 540 g/mol. The van der Waals surface area contributed by atoms with Crippen molar-refractivity contribution in [3.05, 3.63) is 65.2 Å². The summed E-state index contributed by atoms with van der Waals surface area (Å²) in [6, 6.07) is 11.9. The van der Waals surface area contributed by atoms with Gasteiger partial charge in [-0.05, 0) is 73.9 Å². The number of fused-ring (bicyclic) bond motifs is 2. The van der Waals surface area contributed by atoms with Crippen molar-refractivity contribution in [1.29, 1.82) is 0 Å². The summed E-state index contributed by atoms with van der Waals surface area (Å²) in [4.78, 5) is 38.0. The molecule has 2 bridgehead atoms. The van der Waals surface area contributed by atoms with Gasteiger partial charge in [0.25, 0.3) is 0 Å². The number of carbonyl (C=O) groups excluding carboxylic acids is 2. The quantitative estimate of drug-likeness (QED) is 0.170. The van der Waals surface area contributed by atoms with E-state index < -0.39 is 29.9 Å². The molecule has 0 amide bonds. The Labute approximate surface area is 245 Å². The first kappa shape index (κ1) is 28.9. The first-order valence-corrected chi connectivity index (χ1v) is 14.6. The van der Waals surface area contributed by atoms with Crippen molar-refractivity contribution >= 4 is 17.8 Å². The van der Waals surface area contributed by atoms with Crippen molar-refractivity contribution in [2.24, 2.45) is 23.7 Å². The molecule has 4 heterocycles. The molecule has 0 aromatic heterocycles. The van der Waals surface area contributed by atoms with Crippen molar-refractivity contribution in [2.75, 3.05) is 14.2 Å². The van der Waals surface area contributed by atoms with Gasteiger partial charge in [0.2, 0.25) is 12.1 Å². The molecule has 9 nitrogen and oxygen atoms in total. The number of ether oxygens (including phenoxy) is 5. The van der Waals surface area contributed by atoms with Gasteiger partial charge in [-0.2, -0.15) is 0 Å². The lowest BCUT2D eigenvalue weighted by Gasteiger charge is -2.59. The monoisotopic (exact) mass is 578 g/mol. The number of hydrogen-bond donors (Lipinski definition) is 0. The summed E-state index contributed by atoms with van der Waals surface area (Å²) in [6.45, 7) is 6.18. The number of rotatable bonds is 7. The maximum absolute atomic E-state index is 13.2. The van der Waals surface area contributed by atoms with Crippen LogP contribution in [0.4, 0.5) is 0 Å². The standard InChI is InChI=1S/C33H38O9/c1-19-6-14-26-20(2)30(39-31-33(26)25(19)16-17-32(3,40-31)41-42-33)38-29(35)22-10-7-21(8-11-22)9-15-27(34)24-13-12-23(36-4)18-28(24)37-5/h7-13,15,18-20,25-26,30-31H,6,14,16-17H2,1-5H3/b15-9+/t19-,20-,25?,26?,30?,31-,32?,33-/m1/s1. The molecule has 0 N–H and O–H groups in total. The van der Waals surface area contributed by atoms with E-state index in [4.69, 9.17) is 33.5 Å². The minimum Gasteiger partial charge on any atom is -0.497 e. The van der Waals surface area contributed by atoms with Gasteiger partial charge in [-0.3, -0.25) is 4.79 Å². The first-order chi connectivity index (χ1) is 20.2. The summed E-state index contributed by atoms with van der Waals surface area (Å²) in [6.07, 6.45) is 5.33. The molecule has 2 aromatic carbocycles. The molecule has 1 aliphatic carbocycles. The van der Waals surface area contributed by atoms with Crippen LogP contribution in [-0.4, -0.2) is 49.9 Å². The average Bonchev–Trinajstić information content (AvgIpc) is 3.24. The van der Waals surface area contributed by atoms with E-state index in [0.717, 1.165) is 31.2 Å². The topological polar surface area (TPSA) is 98.8 Å². The maximum Gasteiger partial charge on any atom is 0.340 e. The summed E-state index contributed by atoms with van der Waals surface area (Å²) in [5, 5.41) is 0.